The lowest BCUT2D eigenvalue weighted by molar-refractivity contribution is 0.761. The number of hydrogen-bond acceptors (Lipinski definition) is 2. The van der Waals surface area contributed by atoms with Gasteiger partial charge in [0.1, 0.15) is 0 Å². The van der Waals surface area contributed by atoms with Crippen LogP contribution in [0.4, 0.5) is 5.69 Å². The van der Waals surface area contributed by atoms with Crippen LogP contribution in [0.15, 0.2) is 41.3 Å². The van der Waals surface area contributed by atoms with Crippen molar-refractivity contribution < 1.29 is 0 Å². The van der Waals surface area contributed by atoms with Crippen LogP contribution in [0.2, 0.25) is 5.02 Å². The molecular formula is C13H13ClN2O. The Morgan fingerprint density at radius 1 is 1.29 bits per heavy atom. The van der Waals surface area contributed by atoms with Gasteiger partial charge in [0.15, 0.2) is 0 Å². The van der Waals surface area contributed by atoms with E-state index < -0.39 is 0 Å². The smallest absolute Gasteiger partial charge is 0.250 e. The minimum atomic E-state index is -0.0872. The molecule has 4 heteroatoms. The number of pyridine rings is 1. The quantitative estimate of drug-likeness (QED) is 0.888. The molecule has 2 aromatic rings. The number of benzene rings is 1. The van der Waals surface area contributed by atoms with E-state index in [1.807, 2.05) is 25.1 Å². The van der Waals surface area contributed by atoms with Crippen LogP contribution in [0.3, 0.4) is 0 Å². The van der Waals surface area contributed by atoms with E-state index in [2.05, 4.69) is 0 Å². The molecule has 2 N–H and O–H groups in total. The van der Waals surface area contributed by atoms with Crippen LogP contribution in [0.25, 0.3) is 0 Å². The minimum Gasteiger partial charge on any atom is -0.398 e. The van der Waals surface area contributed by atoms with Gasteiger partial charge in [-0.2, -0.15) is 0 Å². The largest absolute Gasteiger partial charge is 0.398 e. The summed E-state index contributed by atoms with van der Waals surface area (Å²) >= 11 is 6.12. The fourth-order valence-electron chi connectivity index (χ4n) is 1.64. The van der Waals surface area contributed by atoms with Crippen LogP contribution in [0.5, 0.6) is 0 Å². The fraction of sp³-hybridized carbons (Fsp3) is 0.154. The van der Waals surface area contributed by atoms with Gasteiger partial charge < -0.3 is 10.3 Å². The molecule has 1 heterocycles. The Kier molecular flexibility index (Phi) is 3.20. The second-order valence-corrected chi connectivity index (χ2v) is 4.43. The number of hydrogen-bond donors (Lipinski definition) is 1. The van der Waals surface area contributed by atoms with Gasteiger partial charge in [-0.3, -0.25) is 4.79 Å². The number of nitrogens with two attached hydrogens (primary N) is 1. The number of aromatic nitrogens is 1. The van der Waals surface area contributed by atoms with Gasteiger partial charge in [-0.15, -0.1) is 0 Å². The van der Waals surface area contributed by atoms with Crippen LogP contribution in [-0.2, 0) is 6.54 Å². The van der Waals surface area contributed by atoms with E-state index >= 15 is 0 Å². The first kappa shape index (κ1) is 11.7. The summed E-state index contributed by atoms with van der Waals surface area (Å²) in [5, 5.41) is 0.666. The van der Waals surface area contributed by atoms with Crippen LogP contribution < -0.4 is 11.3 Å². The predicted molar refractivity (Wildman–Crippen MR) is 70.4 cm³/mol. The Hall–Kier alpha value is -1.74. The first-order chi connectivity index (χ1) is 8.06. The molecule has 0 aliphatic carbocycles. The summed E-state index contributed by atoms with van der Waals surface area (Å²) in [6, 6.07) is 8.83. The van der Waals surface area contributed by atoms with Crippen molar-refractivity contribution in [2.24, 2.45) is 0 Å². The van der Waals surface area contributed by atoms with Crippen molar-refractivity contribution in [1.82, 2.24) is 4.57 Å². The first-order valence-electron chi connectivity index (χ1n) is 5.27. The molecule has 88 valence electrons. The van der Waals surface area contributed by atoms with Gasteiger partial charge in [0, 0.05) is 23.0 Å². The number of nitrogens with zero attached hydrogens (tertiary/aromatic N) is 1. The molecule has 0 radical (unpaired) electrons. The summed E-state index contributed by atoms with van der Waals surface area (Å²) in [5.41, 5.74) is 8.13. The van der Waals surface area contributed by atoms with E-state index in [0.29, 0.717) is 17.3 Å². The van der Waals surface area contributed by atoms with Crippen molar-refractivity contribution in [3.8, 4) is 0 Å². The summed E-state index contributed by atoms with van der Waals surface area (Å²) in [6.45, 7) is 2.41. The number of nitrogen functional groups attached to an aromatic ring is 1. The van der Waals surface area contributed by atoms with E-state index in [1.54, 1.807) is 16.8 Å². The maximum Gasteiger partial charge on any atom is 0.250 e. The monoisotopic (exact) mass is 248 g/mol. The normalized spacial score (nSPS) is 10.5. The van der Waals surface area contributed by atoms with Crippen molar-refractivity contribution in [2.75, 3.05) is 5.73 Å². The van der Waals surface area contributed by atoms with Crippen LogP contribution >= 0.6 is 11.6 Å². The van der Waals surface area contributed by atoms with E-state index in [4.69, 9.17) is 17.3 Å². The molecule has 3 nitrogen and oxygen atoms in total. The highest BCUT2D eigenvalue weighted by molar-refractivity contribution is 6.31. The summed E-state index contributed by atoms with van der Waals surface area (Å²) in [7, 11) is 0. The van der Waals surface area contributed by atoms with Crippen molar-refractivity contribution in [1.29, 1.82) is 0 Å². The van der Waals surface area contributed by atoms with Gasteiger partial charge >= 0.3 is 0 Å². The SMILES string of the molecule is Cc1ccc(Cn2cc(N)ccc2=O)c(Cl)c1. The molecule has 1 aromatic carbocycles. The fourth-order valence-corrected chi connectivity index (χ4v) is 1.93. The number of halogens is 1. The maximum atomic E-state index is 11.6. The lowest BCUT2D eigenvalue weighted by Gasteiger charge is -2.08. The highest BCUT2D eigenvalue weighted by Crippen LogP contribution is 2.18. The van der Waals surface area contributed by atoms with Crippen LogP contribution in [-0.4, -0.2) is 4.57 Å². The van der Waals surface area contributed by atoms with Gasteiger partial charge in [-0.25, -0.2) is 0 Å². The molecule has 1 aromatic heterocycles. The lowest BCUT2D eigenvalue weighted by atomic mass is 10.1. The standard InChI is InChI=1S/C13H13ClN2O/c1-9-2-3-10(12(14)6-9)7-16-8-11(15)4-5-13(16)17/h2-6,8H,7,15H2,1H3. The molecule has 2 rings (SSSR count). The van der Waals surface area contributed by atoms with E-state index in [-0.39, 0.29) is 5.56 Å². The molecule has 0 bridgehead atoms. The average Bonchev–Trinajstić information content (AvgIpc) is 2.27. The van der Waals surface area contributed by atoms with Gasteiger partial charge in [-0.05, 0) is 30.2 Å². The molecule has 0 aliphatic rings. The number of anilines is 1. The second-order valence-electron chi connectivity index (χ2n) is 4.02. The summed E-state index contributed by atoms with van der Waals surface area (Å²) in [4.78, 5) is 11.6. The number of aryl methyl sites for hydroxylation is 1. The molecule has 0 atom stereocenters. The Balaban J connectivity index is 2.38. The Labute approximate surface area is 104 Å². The molecule has 0 spiro atoms. The maximum absolute atomic E-state index is 11.6. The Bertz CT molecular complexity index is 605. The average molecular weight is 249 g/mol. The molecule has 0 aliphatic heterocycles. The van der Waals surface area contributed by atoms with Crippen molar-refractivity contribution in [2.45, 2.75) is 13.5 Å². The summed E-state index contributed by atoms with van der Waals surface area (Å²) in [6.07, 6.45) is 1.62. The zero-order valence-electron chi connectivity index (χ0n) is 9.48. The van der Waals surface area contributed by atoms with Crippen LogP contribution in [0, 0.1) is 6.92 Å². The third-order valence-corrected chi connectivity index (χ3v) is 2.91. The van der Waals surface area contributed by atoms with Crippen molar-refractivity contribution in [3.63, 3.8) is 0 Å². The topological polar surface area (TPSA) is 48.0 Å². The summed E-state index contributed by atoms with van der Waals surface area (Å²) in [5.74, 6) is 0. The molecule has 0 saturated carbocycles. The Morgan fingerprint density at radius 2 is 2.06 bits per heavy atom. The van der Waals surface area contributed by atoms with Crippen molar-refractivity contribution in [3.05, 3.63) is 63.0 Å². The molecular weight excluding hydrogens is 236 g/mol. The molecule has 0 amide bonds. The highest BCUT2D eigenvalue weighted by atomic mass is 35.5. The third-order valence-electron chi connectivity index (χ3n) is 2.56. The predicted octanol–water partition coefficient (Wildman–Crippen LogP) is 2.44. The summed E-state index contributed by atoms with van der Waals surface area (Å²) < 4.78 is 1.55. The zero-order chi connectivity index (χ0) is 12.4. The molecule has 17 heavy (non-hydrogen) atoms. The second kappa shape index (κ2) is 4.63. The van der Waals surface area contributed by atoms with E-state index in [1.165, 1.54) is 6.07 Å². The molecule has 0 saturated heterocycles. The van der Waals surface area contributed by atoms with Gasteiger partial charge in [0.05, 0.1) is 6.54 Å². The van der Waals surface area contributed by atoms with E-state index in [0.717, 1.165) is 11.1 Å². The van der Waals surface area contributed by atoms with Crippen molar-refractivity contribution >= 4 is 17.3 Å². The first-order valence-corrected chi connectivity index (χ1v) is 5.65. The van der Waals surface area contributed by atoms with E-state index in [9.17, 15) is 4.79 Å². The molecule has 0 unspecified atom stereocenters. The number of rotatable bonds is 2. The zero-order valence-corrected chi connectivity index (χ0v) is 10.2. The van der Waals surface area contributed by atoms with Gasteiger partial charge in [0.2, 0.25) is 0 Å². The highest BCUT2D eigenvalue weighted by Gasteiger charge is 2.03. The third kappa shape index (κ3) is 2.68. The minimum absolute atomic E-state index is 0.0872. The lowest BCUT2D eigenvalue weighted by Crippen LogP contribution is -2.19. The Morgan fingerprint density at radius 3 is 2.76 bits per heavy atom. The molecule has 0 fully saturated rings. The van der Waals surface area contributed by atoms with Crippen LogP contribution in [0.1, 0.15) is 11.1 Å². The van der Waals surface area contributed by atoms with Gasteiger partial charge in [-0.1, -0.05) is 23.7 Å². The van der Waals surface area contributed by atoms with Gasteiger partial charge in [0.25, 0.3) is 5.56 Å².